The van der Waals surface area contributed by atoms with Gasteiger partial charge < -0.3 is 9.57 Å². The fourth-order valence-corrected chi connectivity index (χ4v) is 1.39. The number of alkyl halides is 3. The van der Waals surface area contributed by atoms with E-state index in [1.807, 2.05) is 20.8 Å². The fraction of sp³-hybridized carbons (Fsp3) is 0.500. The van der Waals surface area contributed by atoms with Crippen LogP contribution in [-0.4, -0.2) is 25.6 Å². The molecule has 0 spiro atoms. The first-order chi connectivity index (χ1) is 9.13. The summed E-state index contributed by atoms with van der Waals surface area (Å²) in [4.78, 5) is 4.27. The van der Waals surface area contributed by atoms with Crippen molar-refractivity contribution >= 4 is 5.71 Å². The van der Waals surface area contributed by atoms with Crippen LogP contribution in [0.3, 0.4) is 0 Å². The molecule has 1 aromatic carbocycles. The zero-order valence-electron chi connectivity index (χ0n) is 11.9. The summed E-state index contributed by atoms with van der Waals surface area (Å²) in [6.45, 7) is 6.33. The number of ether oxygens (including phenoxy) is 1. The molecule has 3 nitrogen and oxygen atoms in total. The van der Waals surface area contributed by atoms with Gasteiger partial charge in [0.2, 0.25) is 0 Å². The van der Waals surface area contributed by atoms with Crippen LogP contribution in [0.2, 0.25) is 0 Å². The molecule has 1 rings (SSSR count). The van der Waals surface area contributed by atoms with Crippen molar-refractivity contribution in [3.63, 3.8) is 0 Å². The van der Waals surface area contributed by atoms with Crippen LogP contribution in [0.1, 0.15) is 26.3 Å². The van der Waals surface area contributed by atoms with Gasteiger partial charge in [-0.2, -0.15) is 13.2 Å². The Morgan fingerprint density at radius 2 is 1.85 bits per heavy atom. The minimum absolute atomic E-state index is 0.0799. The maximum Gasteiger partial charge on any atom is 0.437 e. The average molecular weight is 289 g/mol. The van der Waals surface area contributed by atoms with E-state index in [4.69, 9.17) is 4.74 Å². The lowest BCUT2D eigenvalue weighted by atomic mass is 9.99. The minimum Gasteiger partial charge on any atom is -0.493 e. The lowest BCUT2D eigenvalue weighted by Crippen LogP contribution is -2.24. The zero-order chi connectivity index (χ0) is 15.4. The highest BCUT2D eigenvalue weighted by Crippen LogP contribution is 2.26. The molecule has 20 heavy (non-hydrogen) atoms. The molecule has 0 aliphatic heterocycles. The highest BCUT2D eigenvalue weighted by Gasteiger charge is 2.38. The molecule has 0 saturated heterocycles. The Kier molecular flexibility index (Phi) is 5.03. The third kappa shape index (κ3) is 5.11. The van der Waals surface area contributed by atoms with Gasteiger partial charge in [0.05, 0.1) is 6.61 Å². The molecule has 1 aromatic rings. The summed E-state index contributed by atoms with van der Waals surface area (Å²) in [5.74, 6) is 0.366. The molecule has 0 N–H and O–H groups in total. The lowest BCUT2D eigenvalue weighted by Gasteiger charge is -2.19. The van der Waals surface area contributed by atoms with Gasteiger partial charge in [0, 0.05) is 5.56 Å². The van der Waals surface area contributed by atoms with Crippen molar-refractivity contribution in [2.24, 2.45) is 10.6 Å². The Hall–Kier alpha value is -1.72. The maximum absolute atomic E-state index is 12.8. The summed E-state index contributed by atoms with van der Waals surface area (Å²) in [5, 5.41) is 3.05. The van der Waals surface area contributed by atoms with Crippen molar-refractivity contribution in [3.05, 3.63) is 29.8 Å². The van der Waals surface area contributed by atoms with Crippen LogP contribution in [0.25, 0.3) is 0 Å². The van der Waals surface area contributed by atoms with Crippen LogP contribution in [0.4, 0.5) is 13.2 Å². The van der Waals surface area contributed by atoms with E-state index in [1.54, 1.807) is 6.07 Å². The van der Waals surface area contributed by atoms with Gasteiger partial charge in [-0.15, -0.1) is 0 Å². The van der Waals surface area contributed by atoms with E-state index in [0.29, 0.717) is 12.4 Å². The molecule has 0 radical (unpaired) electrons. The second kappa shape index (κ2) is 6.15. The van der Waals surface area contributed by atoms with Gasteiger partial charge >= 0.3 is 6.18 Å². The minimum atomic E-state index is -4.58. The van der Waals surface area contributed by atoms with E-state index < -0.39 is 11.9 Å². The molecule has 0 aliphatic rings. The second-order valence-electron chi connectivity index (χ2n) is 5.50. The Morgan fingerprint density at radius 3 is 2.35 bits per heavy atom. The molecule has 0 fully saturated rings. The number of benzene rings is 1. The van der Waals surface area contributed by atoms with Crippen molar-refractivity contribution in [2.45, 2.75) is 26.9 Å². The average Bonchev–Trinajstić information content (AvgIpc) is 2.31. The first-order valence-electron chi connectivity index (χ1n) is 6.05. The number of halogens is 3. The number of rotatable bonds is 4. The molecule has 0 amide bonds. The summed E-state index contributed by atoms with van der Waals surface area (Å²) >= 11 is 0. The zero-order valence-corrected chi connectivity index (χ0v) is 11.9. The summed E-state index contributed by atoms with van der Waals surface area (Å²) < 4.78 is 44.0. The highest BCUT2D eigenvalue weighted by molar-refractivity contribution is 6.04. The van der Waals surface area contributed by atoms with E-state index in [0.717, 1.165) is 7.11 Å². The Morgan fingerprint density at radius 1 is 1.20 bits per heavy atom. The maximum atomic E-state index is 12.8. The highest BCUT2D eigenvalue weighted by atomic mass is 19.4. The van der Waals surface area contributed by atoms with E-state index in [9.17, 15) is 13.2 Å². The molecule has 0 aliphatic carbocycles. The molecule has 0 heterocycles. The predicted octanol–water partition coefficient (Wildman–Crippen LogP) is 4.02. The molecular formula is C14H18F3NO2. The Labute approximate surface area is 116 Å². The molecule has 0 aromatic heterocycles. The molecule has 112 valence electrons. The van der Waals surface area contributed by atoms with Crippen molar-refractivity contribution in [1.29, 1.82) is 0 Å². The van der Waals surface area contributed by atoms with Gasteiger partial charge in [-0.05, 0) is 17.5 Å². The Bertz CT molecular complexity index is 476. The molecule has 6 heteroatoms. The standard InChI is InChI=1S/C14H18F3NO2/c1-13(2,3)9-20-11-7-5-6-10(8-11)12(18-19-4)14(15,16)17/h5-8H,9H2,1-4H3/b18-12-. The van der Waals surface area contributed by atoms with E-state index in [2.05, 4.69) is 9.99 Å². The molecule has 0 bridgehead atoms. The van der Waals surface area contributed by atoms with Crippen LogP contribution in [0.15, 0.2) is 29.4 Å². The van der Waals surface area contributed by atoms with E-state index in [-0.39, 0.29) is 11.0 Å². The van der Waals surface area contributed by atoms with Gasteiger partial charge in [-0.3, -0.25) is 0 Å². The first kappa shape index (κ1) is 16.3. The van der Waals surface area contributed by atoms with Crippen molar-refractivity contribution < 1.29 is 22.7 Å². The normalized spacial score (nSPS) is 13.2. The predicted molar refractivity (Wildman–Crippen MR) is 71.0 cm³/mol. The quantitative estimate of drug-likeness (QED) is 0.619. The van der Waals surface area contributed by atoms with Gasteiger partial charge in [-0.25, -0.2) is 0 Å². The summed E-state index contributed by atoms with van der Waals surface area (Å²) in [5.41, 5.74) is -1.25. The molecule has 0 atom stereocenters. The number of oxime groups is 1. The second-order valence-corrected chi connectivity index (χ2v) is 5.50. The number of nitrogens with zero attached hydrogens (tertiary/aromatic N) is 1. The van der Waals surface area contributed by atoms with Gasteiger partial charge in [0.15, 0.2) is 5.71 Å². The van der Waals surface area contributed by atoms with Crippen molar-refractivity contribution in [2.75, 3.05) is 13.7 Å². The third-order valence-electron chi connectivity index (χ3n) is 2.23. The van der Waals surface area contributed by atoms with Crippen LogP contribution >= 0.6 is 0 Å². The van der Waals surface area contributed by atoms with Crippen molar-refractivity contribution in [3.8, 4) is 5.75 Å². The van der Waals surface area contributed by atoms with Crippen molar-refractivity contribution in [1.82, 2.24) is 0 Å². The summed E-state index contributed by atoms with van der Waals surface area (Å²) in [7, 11) is 1.08. The van der Waals surface area contributed by atoms with E-state index in [1.165, 1.54) is 18.2 Å². The monoisotopic (exact) mass is 289 g/mol. The SMILES string of the molecule is CO/N=C(/c1cccc(OCC(C)(C)C)c1)C(F)(F)F. The van der Waals surface area contributed by atoms with Crippen LogP contribution in [0, 0.1) is 5.41 Å². The summed E-state index contributed by atoms with van der Waals surface area (Å²) in [6.07, 6.45) is -4.58. The largest absolute Gasteiger partial charge is 0.493 e. The molecular weight excluding hydrogens is 271 g/mol. The van der Waals surface area contributed by atoms with Crippen LogP contribution in [-0.2, 0) is 4.84 Å². The van der Waals surface area contributed by atoms with Gasteiger partial charge in [0.1, 0.15) is 12.9 Å². The third-order valence-corrected chi connectivity index (χ3v) is 2.23. The molecule has 0 unspecified atom stereocenters. The molecule has 0 saturated carbocycles. The van der Waals surface area contributed by atoms with Gasteiger partial charge in [0.25, 0.3) is 0 Å². The van der Waals surface area contributed by atoms with Gasteiger partial charge in [-0.1, -0.05) is 38.1 Å². The smallest absolute Gasteiger partial charge is 0.437 e. The van der Waals surface area contributed by atoms with E-state index >= 15 is 0 Å². The van der Waals surface area contributed by atoms with Crippen LogP contribution < -0.4 is 4.74 Å². The fourth-order valence-electron chi connectivity index (χ4n) is 1.39. The lowest BCUT2D eigenvalue weighted by molar-refractivity contribution is -0.0608. The number of hydrogen-bond acceptors (Lipinski definition) is 3. The first-order valence-corrected chi connectivity index (χ1v) is 6.05. The number of hydrogen-bond donors (Lipinski definition) is 0. The topological polar surface area (TPSA) is 30.8 Å². The summed E-state index contributed by atoms with van der Waals surface area (Å²) in [6, 6.07) is 5.71. The Balaban J connectivity index is 3.00. The van der Waals surface area contributed by atoms with Crippen LogP contribution in [0.5, 0.6) is 5.75 Å².